The van der Waals surface area contributed by atoms with Crippen LogP contribution in [0.5, 0.6) is 17.2 Å². The lowest BCUT2D eigenvalue weighted by molar-refractivity contribution is -0.123. The van der Waals surface area contributed by atoms with Crippen LogP contribution in [0.3, 0.4) is 0 Å². The van der Waals surface area contributed by atoms with Gasteiger partial charge >= 0.3 is 0 Å². The van der Waals surface area contributed by atoms with E-state index in [1.165, 1.54) is 0 Å². The molecule has 1 aromatic heterocycles. The van der Waals surface area contributed by atoms with Gasteiger partial charge in [-0.1, -0.05) is 6.07 Å². The Morgan fingerprint density at radius 1 is 1.10 bits per heavy atom. The number of amides is 2. The zero-order valence-corrected chi connectivity index (χ0v) is 21.9. The molecule has 3 heterocycles. The third-order valence-corrected chi connectivity index (χ3v) is 6.99. The number of carbonyl (C=O) groups excluding carboxylic acids is 2. The van der Waals surface area contributed by atoms with Crippen molar-refractivity contribution < 1.29 is 28.9 Å². The van der Waals surface area contributed by atoms with E-state index < -0.39 is 0 Å². The second-order valence-corrected chi connectivity index (χ2v) is 9.62. The molecular weight excluding hydrogens is 512 g/mol. The van der Waals surface area contributed by atoms with E-state index in [0.717, 1.165) is 27.9 Å². The highest BCUT2D eigenvalue weighted by Gasteiger charge is 2.23. The molecule has 10 heteroatoms. The predicted molar refractivity (Wildman–Crippen MR) is 145 cm³/mol. The van der Waals surface area contributed by atoms with Gasteiger partial charge in [-0.25, -0.2) is 4.98 Å². The van der Waals surface area contributed by atoms with Gasteiger partial charge in [-0.15, -0.1) is 0 Å². The Morgan fingerprint density at radius 3 is 2.85 bits per heavy atom. The van der Waals surface area contributed by atoms with E-state index in [2.05, 4.69) is 10.3 Å². The Bertz CT molecular complexity index is 1600. The highest BCUT2D eigenvalue weighted by atomic mass is 16.5. The lowest BCUT2D eigenvalue weighted by Crippen LogP contribution is -2.33. The number of ether oxygens (including phenoxy) is 3. The highest BCUT2D eigenvalue weighted by molar-refractivity contribution is 5.95. The summed E-state index contributed by atoms with van der Waals surface area (Å²) in [6.45, 7) is 1.03. The molecule has 3 aromatic carbocycles. The maximum absolute atomic E-state index is 13.9. The van der Waals surface area contributed by atoms with Crippen molar-refractivity contribution in [1.82, 2.24) is 19.8 Å². The van der Waals surface area contributed by atoms with Gasteiger partial charge in [0, 0.05) is 47.9 Å². The molecule has 0 radical (unpaired) electrons. The van der Waals surface area contributed by atoms with Crippen LogP contribution in [0.15, 0.2) is 67.0 Å². The minimum Gasteiger partial charge on any atom is -0.493 e. The number of fused-ring (bicyclic) bond motifs is 8. The highest BCUT2D eigenvalue weighted by Crippen LogP contribution is 2.33. The molecule has 0 saturated carbocycles. The van der Waals surface area contributed by atoms with E-state index in [4.69, 9.17) is 14.2 Å². The quantitative estimate of drug-likeness (QED) is 0.410. The molecule has 40 heavy (non-hydrogen) atoms. The Labute approximate surface area is 230 Å². The smallest absolute Gasteiger partial charge is 0.258 e. The molecular formula is C30H28N4O6. The number of nitrogens with zero attached hydrogens (tertiary/aromatic N) is 3. The molecule has 0 aliphatic carbocycles. The van der Waals surface area contributed by atoms with Crippen molar-refractivity contribution >= 4 is 11.8 Å². The minimum absolute atomic E-state index is 0.0910. The minimum atomic E-state index is -0.302. The van der Waals surface area contributed by atoms with Crippen LogP contribution >= 0.6 is 0 Å². The van der Waals surface area contributed by atoms with Gasteiger partial charge in [-0.2, -0.15) is 0 Å². The number of nitrogens with one attached hydrogen (secondary N) is 1. The fraction of sp³-hybridized carbons (Fsp3) is 0.233. The summed E-state index contributed by atoms with van der Waals surface area (Å²) in [5, 5.41) is 12.5. The zero-order chi connectivity index (χ0) is 27.6. The molecule has 4 bridgehead atoms. The fourth-order valence-corrected chi connectivity index (χ4v) is 4.99. The maximum atomic E-state index is 13.9. The van der Waals surface area contributed by atoms with E-state index >= 15 is 0 Å². The van der Waals surface area contributed by atoms with Crippen molar-refractivity contribution in [3.05, 3.63) is 89.2 Å². The average Bonchev–Trinajstić information content (AvgIpc) is 3.38. The largest absolute Gasteiger partial charge is 0.493 e. The van der Waals surface area contributed by atoms with Crippen molar-refractivity contribution in [2.75, 3.05) is 26.9 Å². The Kier molecular flexibility index (Phi) is 6.83. The van der Waals surface area contributed by atoms with E-state index in [0.29, 0.717) is 48.3 Å². The standard InChI is InChI=1S/C30H28N4O6/c1-38-26-5-3-21-14-27(26)40-18-28(36)32-15-20-11-22(13-24(12-20)34-7-6-31-29(21)34)30(37)33-8-9-39-25-4-2-19(17-35)10-23(25)16-33/h2-7,10-14,35H,8-9,15-18H2,1H3,(H,32,36). The molecule has 2 amide bonds. The van der Waals surface area contributed by atoms with E-state index in [-0.39, 0.29) is 31.6 Å². The lowest BCUT2D eigenvalue weighted by atomic mass is 10.1. The number of aliphatic hydroxyl groups excluding tert-OH is 1. The topological polar surface area (TPSA) is 115 Å². The molecule has 0 fully saturated rings. The number of methoxy groups -OCH3 is 1. The first-order chi connectivity index (χ1) is 19.5. The van der Waals surface area contributed by atoms with Gasteiger partial charge in [0.1, 0.15) is 18.2 Å². The summed E-state index contributed by atoms with van der Waals surface area (Å²) in [5.74, 6) is 1.83. The molecule has 0 atom stereocenters. The van der Waals surface area contributed by atoms with Gasteiger partial charge in [0.25, 0.3) is 11.8 Å². The van der Waals surface area contributed by atoms with Crippen molar-refractivity contribution in [2.24, 2.45) is 0 Å². The number of imidazole rings is 1. The molecule has 2 aliphatic heterocycles. The van der Waals surface area contributed by atoms with Crippen LogP contribution < -0.4 is 19.5 Å². The molecule has 6 rings (SSSR count). The first kappa shape index (κ1) is 25.4. The maximum Gasteiger partial charge on any atom is 0.258 e. The molecule has 0 spiro atoms. The fourth-order valence-electron chi connectivity index (χ4n) is 4.99. The van der Waals surface area contributed by atoms with Crippen molar-refractivity contribution in [1.29, 1.82) is 0 Å². The molecule has 10 nitrogen and oxygen atoms in total. The van der Waals surface area contributed by atoms with Crippen LogP contribution in [0.25, 0.3) is 17.1 Å². The third-order valence-electron chi connectivity index (χ3n) is 6.99. The Hall–Kier alpha value is -4.83. The van der Waals surface area contributed by atoms with Crippen LogP contribution in [0, 0.1) is 0 Å². The molecule has 204 valence electrons. The van der Waals surface area contributed by atoms with Crippen LogP contribution in [0.2, 0.25) is 0 Å². The summed E-state index contributed by atoms with van der Waals surface area (Å²) in [6, 6.07) is 16.5. The normalized spacial score (nSPS) is 14.6. The summed E-state index contributed by atoms with van der Waals surface area (Å²) < 4.78 is 19.0. The monoisotopic (exact) mass is 540 g/mol. The molecule has 4 aromatic rings. The SMILES string of the molecule is COc1ccc2cc1OCC(=O)NCc1cc(C(=O)N3CCOc4ccc(CO)cc4C3)cc(c1)-n1ccnc1-2. The second-order valence-electron chi connectivity index (χ2n) is 9.62. The Morgan fingerprint density at radius 2 is 2.00 bits per heavy atom. The third kappa shape index (κ3) is 4.96. The number of carbonyl (C=O) groups is 2. The lowest BCUT2D eigenvalue weighted by Gasteiger charge is -2.21. The molecule has 0 unspecified atom stereocenters. The number of benzene rings is 3. The second kappa shape index (κ2) is 10.7. The Balaban J connectivity index is 1.40. The van der Waals surface area contributed by atoms with Crippen molar-refractivity contribution in [3.63, 3.8) is 0 Å². The van der Waals surface area contributed by atoms with Gasteiger partial charge in [-0.3, -0.25) is 14.2 Å². The molecule has 2 N–H and O–H groups in total. The number of hydrogen-bond acceptors (Lipinski definition) is 7. The van der Waals surface area contributed by atoms with Crippen molar-refractivity contribution in [3.8, 4) is 34.3 Å². The van der Waals surface area contributed by atoms with Gasteiger partial charge in [0.2, 0.25) is 0 Å². The summed E-state index contributed by atoms with van der Waals surface area (Å²) in [5.41, 5.74) is 4.32. The number of rotatable bonds is 3. The molecule has 2 aliphatic rings. The van der Waals surface area contributed by atoms with Gasteiger partial charge in [0.05, 0.1) is 20.3 Å². The van der Waals surface area contributed by atoms with E-state index in [9.17, 15) is 14.7 Å². The summed E-state index contributed by atoms with van der Waals surface area (Å²) >= 11 is 0. The average molecular weight is 541 g/mol. The number of aliphatic hydroxyl groups is 1. The van der Waals surface area contributed by atoms with Crippen LogP contribution in [0.1, 0.15) is 27.0 Å². The first-order valence-corrected chi connectivity index (χ1v) is 12.9. The summed E-state index contributed by atoms with van der Waals surface area (Å²) in [7, 11) is 1.54. The van der Waals surface area contributed by atoms with Crippen molar-refractivity contribution in [2.45, 2.75) is 19.7 Å². The summed E-state index contributed by atoms with van der Waals surface area (Å²) in [4.78, 5) is 32.8. The predicted octanol–water partition coefficient (Wildman–Crippen LogP) is 3.08. The van der Waals surface area contributed by atoms with Crippen LogP contribution in [-0.4, -0.2) is 58.2 Å². The van der Waals surface area contributed by atoms with Gasteiger partial charge in [-0.05, 0) is 59.7 Å². The first-order valence-electron chi connectivity index (χ1n) is 12.9. The summed E-state index contributed by atoms with van der Waals surface area (Å²) in [6.07, 6.45) is 3.53. The van der Waals surface area contributed by atoms with Gasteiger partial charge in [0.15, 0.2) is 18.1 Å². The van der Waals surface area contributed by atoms with Gasteiger partial charge < -0.3 is 29.5 Å². The van der Waals surface area contributed by atoms with Crippen LogP contribution in [-0.2, 0) is 24.5 Å². The van der Waals surface area contributed by atoms with E-state index in [1.54, 1.807) is 36.4 Å². The number of hydrogen-bond donors (Lipinski definition) is 2. The zero-order valence-electron chi connectivity index (χ0n) is 21.9. The number of aromatic nitrogens is 2. The van der Waals surface area contributed by atoms with Crippen LogP contribution in [0.4, 0.5) is 0 Å². The van der Waals surface area contributed by atoms with E-state index in [1.807, 2.05) is 47.2 Å². The molecule has 0 saturated heterocycles.